The van der Waals surface area contributed by atoms with E-state index in [4.69, 9.17) is 0 Å². The number of halogens is 3. The van der Waals surface area contributed by atoms with E-state index in [1.54, 1.807) is 50.5 Å². The first-order chi connectivity index (χ1) is 13.7. The Labute approximate surface area is 162 Å². The van der Waals surface area contributed by atoms with Crippen LogP contribution >= 0.6 is 0 Å². The maximum Gasteiger partial charge on any atom is 0.433 e. The van der Waals surface area contributed by atoms with E-state index in [0.717, 1.165) is 6.07 Å². The predicted molar refractivity (Wildman–Crippen MR) is 99.3 cm³/mol. The Morgan fingerprint density at radius 1 is 1.10 bits per heavy atom. The molecule has 0 spiro atoms. The average Bonchev–Trinajstić information content (AvgIpc) is 3.23. The maximum atomic E-state index is 13.6. The molecular formula is C19H15F3N6O. The summed E-state index contributed by atoms with van der Waals surface area (Å²) < 4.78 is 43.0. The summed E-state index contributed by atoms with van der Waals surface area (Å²) in [4.78, 5) is 16.8. The van der Waals surface area contributed by atoms with E-state index in [2.05, 4.69) is 20.5 Å². The summed E-state index contributed by atoms with van der Waals surface area (Å²) in [5.41, 5.74) is 0.411. The van der Waals surface area contributed by atoms with Gasteiger partial charge in [-0.05, 0) is 13.0 Å². The van der Waals surface area contributed by atoms with Crippen LogP contribution in [0.3, 0.4) is 0 Å². The van der Waals surface area contributed by atoms with E-state index in [9.17, 15) is 18.0 Å². The van der Waals surface area contributed by atoms with Gasteiger partial charge in [0, 0.05) is 24.9 Å². The third-order valence-electron chi connectivity index (χ3n) is 4.28. The van der Waals surface area contributed by atoms with Crippen LogP contribution in [0, 0.1) is 6.92 Å². The fraction of sp³-hybridized carbons (Fsp3) is 0.158. The summed E-state index contributed by atoms with van der Waals surface area (Å²) in [6, 6.07) is 10.6. The van der Waals surface area contributed by atoms with Crippen molar-refractivity contribution in [2.75, 3.05) is 5.32 Å². The van der Waals surface area contributed by atoms with Crippen molar-refractivity contribution < 1.29 is 18.0 Å². The Kier molecular flexibility index (Phi) is 4.33. The monoisotopic (exact) mass is 400 g/mol. The molecule has 0 saturated heterocycles. The van der Waals surface area contributed by atoms with Crippen molar-refractivity contribution in [3.8, 4) is 11.3 Å². The fourth-order valence-electron chi connectivity index (χ4n) is 2.95. The molecule has 1 aromatic carbocycles. The molecule has 0 saturated carbocycles. The zero-order valence-electron chi connectivity index (χ0n) is 15.4. The van der Waals surface area contributed by atoms with Crippen LogP contribution in [-0.4, -0.2) is 30.3 Å². The second kappa shape index (κ2) is 6.73. The van der Waals surface area contributed by atoms with Crippen LogP contribution in [0.25, 0.3) is 16.9 Å². The Hall–Kier alpha value is -3.69. The number of benzene rings is 1. The van der Waals surface area contributed by atoms with Gasteiger partial charge in [0.05, 0.1) is 17.1 Å². The summed E-state index contributed by atoms with van der Waals surface area (Å²) in [5, 5.41) is 10.6. The number of nitrogens with one attached hydrogen (secondary N) is 1. The highest BCUT2D eigenvalue weighted by atomic mass is 19.4. The topological polar surface area (TPSA) is 77.1 Å². The predicted octanol–water partition coefficient (Wildman–Crippen LogP) is 3.71. The zero-order chi connectivity index (χ0) is 20.8. The molecule has 148 valence electrons. The lowest BCUT2D eigenvalue weighted by atomic mass is 10.1. The number of anilines is 1. The van der Waals surface area contributed by atoms with Crippen molar-refractivity contribution in [1.82, 2.24) is 24.4 Å². The molecule has 1 N–H and O–H groups in total. The number of aromatic nitrogens is 5. The van der Waals surface area contributed by atoms with Crippen LogP contribution in [-0.2, 0) is 13.2 Å². The summed E-state index contributed by atoms with van der Waals surface area (Å²) in [6.45, 7) is 1.70. The quantitative estimate of drug-likeness (QED) is 0.569. The fourth-order valence-corrected chi connectivity index (χ4v) is 2.95. The first kappa shape index (κ1) is 18.7. The van der Waals surface area contributed by atoms with Crippen molar-refractivity contribution in [3.63, 3.8) is 0 Å². The third-order valence-corrected chi connectivity index (χ3v) is 4.28. The summed E-state index contributed by atoms with van der Waals surface area (Å²) in [7, 11) is 1.69. The van der Waals surface area contributed by atoms with E-state index in [1.807, 2.05) is 0 Å². The average molecular weight is 400 g/mol. The van der Waals surface area contributed by atoms with Crippen molar-refractivity contribution in [3.05, 3.63) is 65.7 Å². The lowest BCUT2D eigenvalue weighted by molar-refractivity contribution is -0.142. The summed E-state index contributed by atoms with van der Waals surface area (Å²) >= 11 is 0. The van der Waals surface area contributed by atoms with Crippen molar-refractivity contribution in [1.29, 1.82) is 0 Å². The van der Waals surface area contributed by atoms with Crippen LogP contribution in [0.4, 0.5) is 18.9 Å². The second-order valence-electron chi connectivity index (χ2n) is 6.45. The van der Waals surface area contributed by atoms with Crippen LogP contribution in [0.2, 0.25) is 0 Å². The number of fused-ring (bicyclic) bond motifs is 1. The van der Waals surface area contributed by atoms with Crippen molar-refractivity contribution >= 4 is 17.2 Å². The van der Waals surface area contributed by atoms with Gasteiger partial charge in [-0.2, -0.15) is 23.4 Å². The molecule has 4 rings (SSSR count). The maximum absolute atomic E-state index is 13.6. The molecule has 0 aliphatic carbocycles. The second-order valence-corrected chi connectivity index (χ2v) is 6.45. The number of carbonyl (C=O) groups excluding carboxylic acids is 1. The standard InChI is InChI=1S/C19H15F3N6O/c1-11-15(10-27(2)25-11)24-18(29)14-9-17-23-13(12-6-4-3-5-7-12)8-16(19(20,21)22)28(17)26-14/h3-10H,1-2H3,(H,24,29). The molecule has 3 aromatic heterocycles. The summed E-state index contributed by atoms with van der Waals surface area (Å²) in [5.74, 6) is -0.652. The Morgan fingerprint density at radius 3 is 2.45 bits per heavy atom. The van der Waals surface area contributed by atoms with Crippen LogP contribution < -0.4 is 5.32 Å². The smallest absolute Gasteiger partial charge is 0.318 e. The molecule has 1 amide bonds. The normalized spacial score (nSPS) is 11.8. The first-order valence-electron chi connectivity index (χ1n) is 8.57. The lowest BCUT2D eigenvalue weighted by Crippen LogP contribution is -2.16. The molecule has 4 aromatic rings. The Bertz CT molecular complexity index is 1210. The molecule has 0 fully saturated rings. The van der Waals surface area contributed by atoms with Crippen LogP contribution in [0.15, 0.2) is 48.7 Å². The van der Waals surface area contributed by atoms with E-state index in [1.165, 1.54) is 10.7 Å². The van der Waals surface area contributed by atoms with Gasteiger partial charge < -0.3 is 5.32 Å². The minimum Gasteiger partial charge on any atom is -0.318 e. The Morgan fingerprint density at radius 2 is 1.83 bits per heavy atom. The molecule has 0 aliphatic heterocycles. The molecule has 0 unspecified atom stereocenters. The van der Waals surface area contributed by atoms with Crippen molar-refractivity contribution in [2.45, 2.75) is 13.1 Å². The van der Waals surface area contributed by atoms with Gasteiger partial charge >= 0.3 is 6.18 Å². The van der Waals surface area contributed by atoms with Gasteiger partial charge in [-0.15, -0.1) is 0 Å². The number of nitrogens with zero attached hydrogens (tertiary/aromatic N) is 5. The molecule has 7 nitrogen and oxygen atoms in total. The van der Waals surface area contributed by atoms with E-state index >= 15 is 0 Å². The molecule has 0 atom stereocenters. The van der Waals surface area contributed by atoms with Gasteiger partial charge in [0.25, 0.3) is 5.91 Å². The van der Waals surface area contributed by atoms with Crippen LogP contribution in [0.5, 0.6) is 0 Å². The van der Waals surface area contributed by atoms with E-state index in [-0.39, 0.29) is 17.0 Å². The molecule has 0 bridgehead atoms. The van der Waals surface area contributed by atoms with Gasteiger partial charge in [0.15, 0.2) is 17.0 Å². The van der Waals surface area contributed by atoms with Gasteiger partial charge in [0.2, 0.25) is 0 Å². The highest BCUT2D eigenvalue weighted by molar-refractivity contribution is 6.03. The van der Waals surface area contributed by atoms with Gasteiger partial charge in [-0.3, -0.25) is 9.48 Å². The van der Waals surface area contributed by atoms with Gasteiger partial charge in [0.1, 0.15) is 0 Å². The van der Waals surface area contributed by atoms with E-state index in [0.29, 0.717) is 21.5 Å². The van der Waals surface area contributed by atoms with Crippen LogP contribution in [0.1, 0.15) is 21.9 Å². The van der Waals surface area contributed by atoms with Gasteiger partial charge in [-0.25, -0.2) is 9.50 Å². The third kappa shape index (κ3) is 3.56. The number of hydrogen-bond acceptors (Lipinski definition) is 4. The van der Waals surface area contributed by atoms with Crippen molar-refractivity contribution in [2.24, 2.45) is 7.05 Å². The summed E-state index contributed by atoms with van der Waals surface area (Å²) in [6.07, 6.45) is -3.08. The molecule has 10 heteroatoms. The number of aryl methyl sites for hydroxylation is 2. The largest absolute Gasteiger partial charge is 0.433 e. The molecule has 0 radical (unpaired) electrons. The number of rotatable bonds is 3. The lowest BCUT2D eigenvalue weighted by Gasteiger charge is -2.10. The number of carbonyl (C=O) groups is 1. The number of alkyl halides is 3. The molecule has 3 heterocycles. The zero-order valence-corrected chi connectivity index (χ0v) is 15.4. The minimum atomic E-state index is -4.68. The highest BCUT2D eigenvalue weighted by Crippen LogP contribution is 2.32. The molecular weight excluding hydrogens is 385 g/mol. The first-order valence-corrected chi connectivity index (χ1v) is 8.57. The van der Waals surface area contributed by atoms with Gasteiger partial charge in [-0.1, -0.05) is 30.3 Å². The SMILES string of the molecule is Cc1nn(C)cc1NC(=O)c1cc2nc(-c3ccccc3)cc(C(F)(F)F)n2n1. The molecule has 0 aliphatic rings. The highest BCUT2D eigenvalue weighted by Gasteiger charge is 2.35. The Balaban J connectivity index is 1.80. The number of hydrogen-bond donors (Lipinski definition) is 1. The molecule has 29 heavy (non-hydrogen) atoms. The minimum absolute atomic E-state index is 0.0771. The number of amides is 1. The van der Waals surface area contributed by atoms with E-state index < -0.39 is 17.8 Å².